The maximum Gasteiger partial charge on any atom is 0.241 e. The van der Waals surface area contributed by atoms with Crippen molar-refractivity contribution in [2.24, 2.45) is 11.5 Å². The number of pyridine rings is 1. The molecule has 0 aliphatic carbocycles. The second-order valence-electron chi connectivity index (χ2n) is 2.96. The predicted molar refractivity (Wildman–Crippen MR) is 60.7 cm³/mol. The fourth-order valence-electron chi connectivity index (χ4n) is 0.990. The topological polar surface area (TPSA) is 99.1 Å². The van der Waals surface area contributed by atoms with Gasteiger partial charge in [0.25, 0.3) is 0 Å². The van der Waals surface area contributed by atoms with E-state index in [9.17, 15) is 9.59 Å². The van der Waals surface area contributed by atoms with Crippen LogP contribution in [-0.4, -0.2) is 16.8 Å². The van der Waals surface area contributed by atoms with E-state index in [1.165, 1.54) is 24.3 Å². The van der Waals surface area contributed by atoms with E-state index in [0.29, 0.717) is 11.4 Å². The molecule has 0 saturated heterocycles. The highest BCUT2D eigenvalue weighted by Gasteiger charge is 1.93. The highest BCUT2D eigenvalue weighted by atomic mass is 16.1. The lowest BCUT2D eigenvalue weighted by molar-refractivity contribution is -0.114. The fraction of sp³-hybridized carbons (Fsp3) is 0. The number of carbonyl (C=O) groups excluding carboxylic acids is 2. The number of primary amides is 2. The summed E-state index contributed by atoms with van der Waals surface area (Å²) in [6, 6.07) is 5.16. The fourth-order valence-corrected chi connectivity index (χ4v) is 0.990. The lowest BCUT2D eigenvalue weighted by Gasteiger charge is -1.95. The Kier molecular flexibility index (Phi) is 3.97. The van der Waals surface area contributed by atoms with Crippen LogP contribution >= 0.6 is 0 Å². The minimum atomic E-state index is -0.542. The number of nitrogens with two attached hydrogens (primary N) is 2. The van der Waals surface area contributed by atoms with Crippen molar-refractivity contribution in [2.45, 2.75) is 0 Å². The van der Waals surface area contributed by atoms with Crippen molar-refractivity contribution >= 4 is 24.0 Å². The summed E-state index contributed by atoms with van der Waals surface area (Å²) in [5.41, 5.74) is 11.0. The monoisotopic (exact) mass is 217 g/mol. The van der Waals surface area contributed by atoms with Gasteiger partial charge in [-0.3, -0.25) is 9.59 Å². The molecule has 16 heavy (non-hydrogen) atoms. The molecule has 1 rings (SSSR count). The molecule has 0 saturated carbocycles. The number of nitrogens with zero attached hydrogens (tertiary/aromatic N) is 1. The minimum Gasteiger partial charge on any atom is -0.366 e. The standard InChI is InChI=1S/C11H11N3O2/c12-10(15)6-4-8-2-1-3-9(14-8)5-7-11(13)16/h1-7H,(H2,12,15)(H2,13,16)/b6-4-,7-5-. The van der Waals surface area contributed by atoms with Crippen LogP contribution in [0.15, 0.2) is 30.4 Å². The van der Waals surface area contributed by atoms with E-state index in [4.69, 9.17) is 11.5 Å². The third-order valence-electron chi connectivity index (χ3n) is 1.63. The van der Waals surface area contributed by atoms with Gasteiger partial charge >= 0.3 is 0 Å². The number of hydrogen-bond donors (Lipinski definition) is 2. The highest BCUT2D eigenvalue weighted by molar-refractivity contribution is 5.90. The molecule has 1 aromatic rings. The number of hydrogen-bond acceptors (Lipinski definition) is 3. The Balaban J connectivity index is 2.87. The molecule has 4 N–H and O–H groups in total. The minimum absolute atomic E-state index is 0.542. The zero-order chi connectivity index (χ0) is 12.0. The Labute approximate surface area is 92.5 Å². The molecule has 0 aromatic carbocycles. The second kappa shape index (κ2) is 5.45. The smallest absolute Gasteiger partial charge is 0.241 e. The molecular formula is C11H11N3O2. The van der Waals surface area contributed by atoms with E-state index < -0.39 is 11.8 Å². The van der Waals surface area contributed by atoms with Crippen molar-refractivity contribution in [3.05, 3.63) is 41.7 Å². The van der Waals surface area contributed by atoms with Gasteiger partial charge in [-0.15, -0.1) is 0 Å². The van der Waals surface area contributed by atoms with Crippen LogP contribution in [0.4, 0.5) is 0 Å². The molecule has 5 heteroatoms. The van der Waals surface area contributed by atoms with Gasteiger partial charge in [0.1, 0.15) is 0 Å². The normalized spacial score (nSPS) is 11.0. The number of carbonyl (C=O) groups is 2. The molecule has 0 fully saturated rings. The van der Waals surface area contributed by atoms with Crippen LogP contribution in [0.2, 0.25) is 0 Å². The zero-order valence-corrected chi connectivity index (χ0v) is 8.46. The Morgan fingerprint density at radius 1 is 1.00 bits per heavy atom. The first-order chi connectivity index (χ1) is 7.58. The summed E-state index contributed by atoms with van der Waals surface area (Å²) in [6.07, 6.45) is 5.40. The number of rotatable bonds is 4. The molecule has 0 bridgehead atoms. The van der Waals surface area contributed by atoms with Crippen molar-refractivity contribution < 1.29 is 9.59 Å². The Morgan fingerprint density at radius 3 is 1.81 bits per heavy atom. The van der Waals surface area contributed by atoms with Crippen LogP contribution in [0.1, 0.15) is 11.4 Å². The van der Waals surface area contributed by atoms with Crippen LogP contribution in [-0.2, 0) is 9.59 Å². The van der Waals surface area contributed by atoms with Crippen molar-refractivity contribution in [3.8, 4) is 0 Å². The van der Waals surface area contributed by atoms with E-state index in [1.807, 2.05) is 0 Å². The molecule has 1 heterocycles. The average Bonchev–Trinajstić information content (AvgIpc) is 2.24. The van der Waals surface area contributed by atoms with Gasteiger partial charge in [0.05, 0.1) is 11.4 Å². The average molecular weight is 217 g/mol. The molecule has 0 radical (unpaired) electrons. The largest absolute Gasteiger partial charge is 0.366 e. The van der Waals surface area contributed by atoms with Gasteiger partial charge in [0.15, 0.2) is 0 Å². The molecule has 1 aromatic heterocycles. The molecule has 82 valence electrons. The first-order valence-electron chi connectivity index (χ1n) is 4.50. The lowest BCUT2D eigenvalue weighted by Crippen LogP contribution is -2.05. The highest BCUT2D eigenvalue weighted by Crippen LogP contribution is 2.03. The molecule has 0 aliphatic rings. The number of amides is 2. The summed E-state index contributed by atoms with van der Waals surface area (Å²) in [5.74, 6) is -1.08. The SMILES string of the molecule is NC(=O)/C=C\c1cccc(/C=C\C(N)=O)n1. The summed E-state index contributed by atoms with van der Waals surface area (Å²) in [7, 11) is 0. The first-order valence-corrected chi connectivity index (χ1v) is 4.50. The van der Waals surface area contributed by atoms with Crippen molar-refractivity contribution in [3.63, 3.8) is 0 Å². The maximum absolute atomic E-state index is 10.5. The Hall–Kier alpha value is -2.43. The summed E-state index contributed by atoms with van der Waals surface area (Å²) >= 11 is 0. The molecule has 0 spiro atoms. The van der Waals surface area contributed by atoms with E-state index in [-0.39, 0.29) is 0 Å². The van der Waals surface area contributed by atoms with Crippen molar-refractivity contribution in [1.29, 1.82) is 0 Å². The van der Waals surface area contributed by atoms with Gasteiger partial charge in [0, 0.05) is 12.2 Å². The molecule has 0 atom stereocenters. The van der Waals surface area contributed by atoms with E-state index in [2.05, 4.69) is 4.98 Å². The van der Waals surface area contributed by atoms with Crippen molar-refractivity contribution in [2.75, 3.05) is 0 Å². The van der Waals surface area contributed by atoms with Gasteiger partial charge in [0.2, 0.25) is 11.8 Å². The van der Waals surface area contributed by atoms with Gasteiger partial charge in [-0.1, -0.05) is 6.07 Å². The summed E-state index contributed by atoms with van der Waals surface area (Å²) in [6.45, 7) is 0. The van der Waals surface area contributed by atoms with Gasteiger partial charge in [-0.2, -0.15) is 0 Å². The Morgan fingerprint density at radius 2 is 1.44 bits per heavy atom. The van der Waals surface area contributed by atoms with Crippen LogP contribution in [0, 0.1) is 0 Å². The van der Waals surface area contributed by atoms with Gasteiger partial charge in [-0.25, -0.2) is 4.98 Å². The van der Waals surface area contributed by atoms with Crippen LogP contribution in [0.25, 0.3) is 12.2 Å². The summed E-state index contributed by atoms with van der Waals surface area (Å²) in [4.78, 5) is 25.1. The van der Waals surface area contributed by atoms with Crippen LogP contribution in [0.5, 0.6) is 0 Å². The third-order valence-corrected chi connectivity index (χ3v) is 1.63. The van der Waals surface area contributed by atoms with Gasteiger partial charge < -0.3 is 11.5 Å². The molecule has 2 amide bonds. The predicted octanol–water partition coefficient (Wildman–Crippen LogP) is 0.0786. The first kappa shape index (κ1) is 11.6. The number of aromatic nitrogens is 1. The van der Waals surface area contributed by atoms with Crippen LogP contribution < -0.4 is 11.5 Å². The zero-order valence-electron chi connectivity index (χ0n) is 8.46. The second-order valence-corrected chi connectivity index (χ2v) is 2.96. The Bertz CT molecular complexity index is 425. The lowest BCUT2D eigenvalue weighted by atomic mass is 10.2. The van der Waals surface area contributed by atoms with Crippen molar-refractivity contribution in [1.82, 2.24) is 4.98 Å². The summed E-state index contributed by atoms with van der Waals surface area (Å²) < 4.78 is 0. The molecule has 5 nitrogen and oxygen atoms in total. The van der Waals surface area contributed by atoms with E-state index in [1.54, 1.807) is 18.2 Å². The van der Waals surface area contributed by atoms with E-state index in [0.717, 1.165) is 0 Å². The third kappa shape index (κ3) is 4.19. The summed E-state index contributed by atoms with van der Waals surface area (Å²) in [5, 5.41) is 0. The van der Waals surface area contributed by atoms with Crippen LogP contribution in [0.3, 0.4) is 0 Å². The van der Waals surface area contributed by atoms with E-state index >= 15 is 0 Å². The quantitative estimate of drug-likeness (QED) is 0.698. The maximum atomic E-state index is 10.5. The molecular weight excluding hydrogens is 206 g/mol. The molecule has 0 aliphatic heterocycles. The molecule has 0 unspecified atom stereocenters. The van der Waals surface area contributed by atoms with Gasteiger partial charge in [-0.05, 0) is 24.3 Å².